The molecule has 0 fully saturated rings. The van der Waals surface area contributed by atoms with Crippen molar-refractivity contribution < 1.29 is 0 Å². The molecule has 0 spiro atoms. The quantitative estimate of drug-likeness (QED) is 0.594. The first kappa shape index (κ1) is 12.5. The van der Waals surface area contributed by atoms with Gasteiger partial charge in [0.05, 0.1) is 0 Å². The van der Waals surface area contributed by atoms with E-state index in [2.05, 4.69) is 36.2 Å². The predicted octanol–water partition coefficient (Wildman–Crippen LogP) is 1.69. The van der Waals surface area contributed by atoms with Crippen LogP contribution in [0.5, 0.6) is 0 Å². The first-order valence-electron chi connectivity index (χ1n) is 5.27. The summed E-state index contributed by atoms with van der Waals surface area (Å²) in [6.45, 7) is 7.64. The second kappa shape index (κ2) is 5.51. The summed E-state index contributed by atoms with van der Waals surface area (Å²) in [4.78, 5) is 4.16. The maximum absolute atomic E-state index is 4.16. The SMILES string of the molecule is CCC(C)(C)NCCSc1ncnn1C. The summed E-state index contributed by atoms with van der Waals surface area (Å²) >= 11 is 1.73. The Morgan fingerprint density at radius 2 is 2.27 bits per heavy atom. The summed E-state index contributed by atoms with van der Waals surface area (Å²) in [6, 6.07) is 0. The van der Waals surface area contributed by atoms with E-state index in [9.17, 15) is 0 Å². The third-order valence-corrected chi connectivity index (χ3v) is 3.53. The number of aromatic nitrogens is 3. The van der Waals surface area contributed by atoms with Crippen molar-refractivity contribution in [2.24, 2.45) is 7.05 Å². The molecule has 15 heavy (non-hydrogen) atoms. The maximum Gasteiger partial charge on any atom is 0.185 e. The van der Waals surface area contributed by atoms with Crippen LogP contribution < -0.4 is 5.32 Å². The molecule has 1 rings (SSSR count). The van der Waals surface area contributed by atoms with Crippen LogP contribution in [0.1, 0.15) is 27.2 Å². The lowest BCUT2D eigenvalue weighted by Gasteiger charge is -2.24. The summed E-state index contributed by atoms with van der Waals surface area (Å²) in [7, 11) is 1.92. The Labute approximate surface area is 95.9 Å². The second-order valence-electron chi connectivity index (χ2n) is 4.18. The molecule has 0 bridgehead atoms. The Hall–Kier alpha value is -0.550. The molecule has 0 radical (unpaired) electrons. The van der Waals surface area contributed by atoms with Crippen LogP contribution in [0.3, 0.4) is 0 Å². The molecule has 0 saturated carbocycles. The van der Waals surface area contributed by atoms with E-state index >= 15 is 0 Å². The first-order chi connectivity index (χ1) is 7.05. The molecule has 5 heteroatoms. The normalized spacial score (nSPS) is 12.0. The number of nitrogens with zero attached hydrogens (tertiary/aromatic N) is 3. The van der Waals surface area contributed by atoms with E-state index in [1.165, 1.54) is 0 Å². The zero-order valence-electron chi connectivity index (χ0n) is 9.95. The first-order valence-corrected chi connectivity index (χ1v) is 6.25. The van der Waals surface area contributed by atoms with Crippen molar-refractivity contribution in [1.29, 1.82) is 0 Å². The van der Waals surface area contributed by atoms with Crippen LogP contribution in [0, 0.1) is 0 Å². The van der Waals surface area contributed by atoms with Gasteiger partial charge in [-0.25, -0.2) is 9.67 Å². The van der Waals surface area contributed by atoms with Crippen molar-refractivity contribution in [2.45, 2.75) is 37.9 Å². The van der Waals surface area contributed by atoms with E-state index in [0.717, 1.165) is 23.9 Å². The number of rotatable bonds is 6. The van der Waals surface area contributed by atoms with Gasteiger partial charge in [-0.1, -0.05) is 18.7 Å². The fourth-order valence-corrected chi connectivity index (χ4v) is 1.82. The number of hydrogen-bond acceptors (Lipinski definition) is 4. The fraction of sp³-hybridized carbons (Fsp3) is 0.800. The van der Waals surface area contributed by atoms with Crippen LogP contribution in [0.25, 0.3) is 0 Å². The fourth-order valence-electron chi connectivity index (χ4n) is 1.07. The Kier molecular flexibility index (Phi) is 4.60. The summed E-state index contributed by atoms with van der Waals surface area (Å²) < 4.78 is 1.80. The molecule has 0 atom stereocenters. The highest BCUT2D eigenvalue weighted by molar-refractivity contribution is 7.99. The molecule has 1 heterocycles. The van der Waals surface area contributed by atoms with Gasteiger partial charge in [0.25, 0.3) is 0 Å². The summed E-state index contributed by atoms with van der Waals surface area (Å²) in [6.07, 6.45) is 2.73. The lowest BCUT2D eigenvalue weighted by molar-refractivity contribution is 0.388. The summed E-state index contributed by atoms with van der Waals surface area (Å²) in [5.41, 5.74) is 0.237. The molecule has 0 saturated heterocycles. The van der Waals surface area contributed by atoms with E-state index in [1.54, 1.807) is 22.8 Å². The average Bonchev–Trinajstić information content (AvgIpc) is 2.59. The van der Waals surface area contributed by atoms with E-state index in [0.29, 0.717) is 0 Å². The van der Waals surface area contributed by atoms with E-state index in [-0.39, 0.29) is 5.54 Å². The van der Waals surface area contributed by atoms with Gasteiger partial charge in [0.1, 0.15) is 6.33 Å². The molecule has 1 aromatic heterocycles. The van der Waals surface area contributed by atoms with Gasteiger partial charge >= 0.3 is 0 Å². The largest absolute Gasteiger partial charge is 0.311 e. The number of hydrogen-bond donors (Lipinski definition) is 1. The third-order valence-electron chi connectivity index (χ3n) is 2.49. The van der Waals surface area contributed by atoms with Crippen LogP contribution in [0.2, 0.25) is 0 Å². The highest BCUT2D eigenvalue weighted by atomic mass is 32.2. The average molecular weight is 228 g/mol. The Balaban J connectivity index is 2.20. The molecule has 0 unspecified atom stereocenters. The van der Waals surface area contributed by atoms with Gasteiger partial charge < -0.3 is 5.32 Å². The number of aryl methyl sites for hydroxylation is 1. The van der Waals surface area contributed by atoms with Gasteiger partial charge in [-0.3, -0.25) is 0 Å². The molecule has 0 aromatic carbocycles. The van der Waals surface area contributed by atoms with E-state index in [4.69, 9.17) is 0 Å². The minimum absolute atomic E-state index is 0.237. The van der Waals surface area contributed by atoms with Gasteiger partial charge in [-0.2, -0.15) is 5.10 Å². The highest BCUT2D eigenvalue weighted by Gasteiger charge is 2.12. The second-order valence-corrected chi connectivity index (χ2v) is 5.24. The van der Waals surface area contributed by atoms with Crippen molar-refractivity contribution >= 4 is 11.8 Å². The summed E-state index contributed by atoms with van der Waals surface area (Å²) in [5.74, 6) is 1.02. The van der Waals surface area contributed by atoms with Crippen molar-refractivity contribution in [2.75, 3.05) is 12.3 Å². The zero-order valence-corrected chi connectivity index (χ0v) is 10.8. The monoisotopic (exact) mass is 228 g/mol. The van der Waals surface area contributed by atoms with Crippen molar-refractivity contribution in [3.05, 3.63) is 6.33 Å². The molecule has 1 N–H and O–H groups in total. The van der Waals surface area contributed by atoms with Gasteiger partial charge in [0, 0.05) is 24.9 Å². The van der Waals surface area contributed by atoms with Crippen LogP contribution in [-0.4, -0.2) is 32.6 Å². The Morgan fingerprint density at radius 1 is 1.53 bits per heavy atom. The Bertz CT molecular complexity index is 295. The molecular formula is C10H20N4S. The Morgan fingerprint density at radius 3 is 2.80 bits per heavy atom. The van der Waals surface area contributed by atoms with Crippen LogP contribution >= 0.6 is 11.8 Å². The topological polar surface area (TPSA) is 42.7 Å². The minimum Gasteiger partial charge on any atom is -0.311 e. The van der Waals surface area contributed by atoms with Crippen LogP contribution in [0.4, 0.5) is 0 Å². The van der Waals surface area contributed by atoms with Crippen LogP contribution in [-0.2, 0) is 7.05 Å². The highest BCUT2D eigenvalue weighted by Crippen LogP contribution is 2.13. The lowest BCUT2D eigenvalue weighted by Crippen LogP contribution is -2.39. The van der Waals surface area contributed by atoms with Gasteiger partial charge in [0.15, 0.2) is 5.16 Å². The standard InChI is InChI=1S/C10H20N4S/c1-5-10(2,3)12-6-7-15-9-11-8-13-14(9)4/h8,12H,5-7H2,1-4H3. The van der Waals surface area contributed by atoms with Crippen molar-refractivity contribution in [1.82, 2.24) is 20.1 Å². The van der Waals surface area contributed by atoms with Gasteiger partial charge in [0.2, 0.25) is 0 Å². The molecule has 1 aromatic rings. The molecule has 0 aliphatic heterocycles. The lowest BCUT2D eigenvalue weighted by atomic mass is 10.0. The van der Waals surface area contributed by atoms with Crippen molar-refractivity contribution in [3.63, 3.8) is 0 Å². The van der Waals surface area contributed by atoms with Gasteiger partial charge in [-0.15, -0.1) is 0 Å². The molecule has 0 aliphatic rings. The molecular weight excluding hydrogens is 208 g/mol. The van der Waals surface area contributed by atoms with Gasteiger partial charge in [-0.05, 0) is 20.3 Å². The zero-order chi connectivity index (χ0) is 11.3. The smallest absolute Gasteiger partial charge is 0.185 e. The van der Waals surface area contributed by atoms with E-state index < -0.39 is 0 Å². The molecule has 86 valence electrons. The van der Waals surface area contributed by atoms with E-state index in [1.807, 2.05) is 7.05 Å². The third kappa shape index (κ3) is 4.22. The summed E-state index contributed by atoms with van der Waals surface area (Å²) in [5, 5.41) is 8.51. The maximum atomic E-state index is 4.16. The predicted molar refractivity (Wildman–Crippen MR) is 64.1 cm³/mol. The molecule has 4 nitrogen and oxygen atoms in total. The van der Waals surface area contributed by atoms with Crippen molar-refractivity contribution in [3.8, 4) is 0 Å². The molecule has 0 amide bonds. The molecule has 0 aliphatic carbocycles. The van der Waals surface area contributed by atoms with Crippen LogP contribution in [0.15, 0.2) is 11.5 Å². The minimum atomic E-state index is 0.237. The number of thioether (sulfide) groups is 1. The number of nitrogens with one attached hydrogen (secondary N) is 1.